The van der Waals surface area contributed by atoms with Gasteiger partial charge in [-0.3, -0.25) is 14.9 Å². The molecule has 0 aromatic carbocycles. The van der Waals surface area contributed by atoms with E-state index in [9.17, 15) is 14.9 Å². The number of nitrogens with zero attached hydrogens (tertiary/aromatic N) is 2. The van der Waals surface area contributed by atoms with E-state index in [1.165, 1.54) is 19.1 Å². The predicted molar refractivity (Wildman–Crippen MR) is 72.0 cm³/mol. The highest BCUT2D eigenvalue weighted by molar-refractivity contribution is 5.83. The molecule has 0 spiro atoms. The van der Waals surface area contributed by atoms with Crippen LogP contribution in [0.1, 0.15) is 20.3 Å². The van der Waals surface area contributed by atoms with Crippen molar-refractivity contribution in [3.05, 3.63) is 22.2 Å². The zero-order valence-electron chi connectivity index (χ0n) is 10.8. The SMILES string of the molecule is CCCNc1ccc([N+](=O)[O-])c(NC(C)C(N)=O)n1. The van der Waals surface area contributed by atoms with Crippen LogP contribution in [-0.4, -0.2) is 28.4 Å². The molecule has 0 aliphatic rings. The Kier molecular flexibility index (Phi) is 5.04. The third-order valence-electron chi connectivity index (χ3n) is 2.41. The molecule has 19 heavy (non-hydrogen) atoms. The molecule has 1 heterocycles. The van der Waals surface area contributed by atoms with Crippen molar-refractivity contribution in [2.45, 2.75) is 26.3 Å². The number of anilines is 2. The Morgan fingerprint density at radius 3 is 2.79 bits per heavy atom. The number of nitrogens with two attached hydrogens (primary N) is 1. The van der Waals surface area contributed by atoms with Gasteiger partial charge in [-0.2, -0.15) is 0 Å². The maximum atomic E-state index is 11.0. The molecule has 104 valence electrons. The molecule has 1 aromatic rings. The fraction of sp³-hybridized carbons (Fsp3) is 0.455. The molecule has 0 saturated carbocycles. The summed E-state index contributed by atoms with van der Waals surface area (Å²) in [6.07, 6.45) is 0.902. The van der Waals surface area contributed by atoms with Crippen molar-refractivity contribution in [1.82, 2.24) is 4.98 Å². The normalized spacial score (nSPS) is 11.7. The summed E-state index contributed by atoms with van der Waals surface area (Å²) < 4.78 is 0. The highest BCUT2D eigenvalue weighted by Gasteiger charge is 2.19. The number of pyridine rings is 1. The number of nitrogens with one attached hydrogen (secondary N) is 2. The first-order valence-corrected chi connectivity index (χ1v) is 5.90. The van der Waals surface area contributed by atoms with Crippen molar-refractivity contribution in [2.24, 2.45) is 5.73 Å². The average Bonchev–Trinajstić information content (AvgIpc) is 2.36. The average molecular weight is 267 g/mol. The molecule has 1 amide bonds. The molecule has 0 aliphatic heterocycles. The lowest BCUT2D eigenvalue weighted by molar-refractivity contribution is -0.384. The number of amides is 1. The van der Waals surface area contributed by atoms with E-state index in [4.69, 9.17) is 5.73 Å². The first kappa shape index (κ1) is 14.7. The quantitative estimate of drug-likeness (QED) is 0.502. The molecule has 0 radical (unpaired) electrons. The van der Waals surface area contributed by atoms with Crippen molar-refractivity contribution in [3.63, 3.8) is 0 Å². The lowest BCUT2D eigenvalue weighted by atomic mass is 10.3. The molecule has 0 bridgehead atoms. The van der Waals surface area contributed by atoms with E-state index in [1.54, 1.807) is 0 Å². The van der Waals surface area contributed by atoms with E-state index in [0.29, 0.717) is 12.4 Å². The number of carbonyl (C=O) groups excluding carboxylic acids is 1. The van der Waals surface area contributed by atoms with Crippen molar-refractivity contribution >= 4 is 23.2 Å². The second-order valence-electron chi connectivity index (χ2n) is 4.02. The Labute approximate surface area is 110 Å². The Morgan fingerprint density at radius 1 is 1.58 bits per heavy atom. The van der Waals surface area contributed by atoms with Crippen LogP contribution in [0, 0.1) is 10.1 Å². The van der Waals surface area contributed by atoms with Crippen LogP contribution in [0.2, 0.25) is 0 Å². The zero-order valence-corrected chi connectivity index (χ0v) is 10.8. The summed E-state index contributed by atoms with van der Waals surface area (Å²) in [5.41, 5.74) is 4.91. The van der Waals surface area contributed by atoms with Crippen LogP contribution in [0.3, 0.4) is 0 Å². The fourth-order valence-electron chi connectivity index (χ4n) is 1.33. The number of rotatable bonds is 7. The molecule has 0 aliphatic carbocycles. The van der Waals surface area contributed by atoms with Gasteiger partial charge in [0.25, 0.3) is 0 Å². The molecule has 0 saturated heterocycles. The van der Waals surface area contributed by atoms with Crippen molar-refractivity contribution in [1.29, 1.82) is 0 Å². The van der Waals surface area contributed by atoms with Crippen LogP contribution < -0.4 is 16.4 Å². The van der Waals surface area contributed by atoms with Crippen LogP contribution in [0.5, 0.6) is 0 Å². The lowest BCUT2D eigenvalue weighted by Gasteiger charge is -2.12. The summed E-state index contributed by atoms with van der Waals surface area (Å²) in [5.74, 6) is -0.0768. The van der Waals surface area contributed by atoms with Gasteiger partial charge in [0.1, 0.15) is 11.9 Å². The summed E-state index contributed by atoms with van der Waals surface area (Å²) in [5, 5.41) is 16.5. The van der Waals surface area contributed by atoms with Gasteiger partial charge >= 0.3 is 5.69 Å². The van der Waals surface area contributed by atoms with Gasteiger partial charge in [-0.15, -0.1) is 0 Å². The molecular weight excluding hydrogens is 250 g/mol. The predicted octanol–water partition coefficient (Wildman–Crippen LogP) is 1.10. The first-order chi connectivity index (χ1) is 8.95. The van der Waals surface area contributed by atoms with Gasteiger partial charge in [0.15, 0.2) is 0 Å². The van der Waals surface area contributed by atoms with E-state index in [1.807, 2.05) is 6.92 Å². The Balaban J connectivity index is 3.01. The van der Waals surface area contributed by atoms with E-state index in [0.717, 1.165) is 6.42 Å². The van der Waals surface area contributed by atoms with Gasteiger partial charge < -0.3 is 16.4 Å². The van der Waals surface area contributed by atoms with Crippen molar-refractivity contribution < 1.29 is 9.72 Å². The Morgan fingerprint density at radius 2 is 2.26 bits per heavy atom. The number of carbonyl (C=O) groups is 1. The Hall–Kier alpha value is -2.38. The van der Waals surface area contributed by atoms with Gasteiger partial charge in [-0.05, 0) is 19.4 Å². The van der Waals surface area contributed by atoms with Crippen LogP contribution in [0.25, 0.3) is 0 Å². The second kappa shape index (κ2) is 6.53. The lowest BCUT2D eigenvalue weighted by Crippen LogP contribution is -2.33. The molecule has 4 N–H and O–H groups in total. The number of primary amides is 1. The third-order valence-corrected chi connectivity index (χ3v) is 2.41. The largest absolute Gasteiger partial charge is 0.370 e. The monoisotopic (exact) mass is 267 g/mol. The van der Waals surface area contributed by atoms with Gasteiger partial charge in [0, 0.05) is 12.6 Å². The van der Waals surface area contributed by atoms with Crippen molar-refractivity contribution in [2.75, 3.05) is 17.2 Å². The van der Waals surface area contributed by atoms with Crippen LogP contribution in [0.4, 0.5) is 17.3 Å². The van der Waals surface area contributed by atoms with Crippen molar-refractivity contribution in [3.8, 4) is 0 Å². The highest BCUT2D eigenvalue weighted by Crippen LogP contribution is 2.24. The minimum Gasteiger partial charge on any atom is -0.370 e. The minimum atomic E-state index is -0.743. The van der Waals surface area contributed by atoms with Crippen LogP contribution in [0.15, 0.2) is 12.1 Å². The number of nitro groups is 1. The van der Waals surface area contributed by atoms with E-state index in [-0.39, 0.29) is 11.5 Å². The summed E-state index contributed by atoms with van der Waals surface area (Å²) in [7, 11) is 0. The summed E-state index contributed by atoms with van der Waals surface area (Å²) >= 11 is 0. The van der Waals surface area contributed by atoms with Crippen LogP contribution >= 0.6 is 0 Å². The van der Waals surface area contributed by atoms with Gasteiger partial charge in [-0.25, -0.2) is 4.98 Å². The standard InChI is InChI=1S/C11H17N5O3/c1-3-6-13-9-5-4-8(16(18)19)11(15-9)14-7(2)10(12)17/h4-5,7H,3,6H2,1-2H3,(H2,12,17)(H2,13,14,15). The minimum absolute atomic E-state index is 0.0254. The van der Waals surface area contributed by atoms with E-state index < -0.39 is 16.9 Å². The van der Waals surface area contributed by atoms with E-state index >= 15 is 0 Å². The molecule has 1 aromatic heterocycles. The Bertz CT molecular complexity index is 477. The molecule has 1 atom stereocenters. The smallest absolute Gasteiger partial charge is 0.311 e. The molecule has 8 heteroatoms. The third kappa shape index (κ3) is 4.09. The highest BCUT2D eigenvalue weighted by atomic mass is 16.6. The van der Waals surface area contributed by atoms with Gasteiger partial charge in [0.05, 0.1) is 4.92 Å². The first-order valence-electron chi connectivity index (χ1n) is 5.90. The fourth-order valence-corrected chi connectivity index (χ4v) is 1.33. The van der Waals surface area contributed by atoms with Gasteiger partial charge in [-0.1, -0.05) is 6.92 Å². The summed E-state index contributed by atoms with van der Waals surface area (Å²) in [4.78, 5) is 25.4. The molecule has 1 rings (SSSR count). The summed E-state index contributed by atoms with van der Waals surface area (Å²) in [6, 6.07) is 2.11. The topological polar surface area (TPSA) is 123 Å². The molecule has 8 nitrogen and oxygen atoms in total. The maximum absolute atomic E-state index is 11.0. The zero-order chi connectivity index (χ0) is 14.4. The number of aromatic nitrogens is 1. The maximum Gasteiger partial charge on any atom is 0.311 e. The number of hydrogen-bond acceptors (Lipinski definition) is 6. The van der Waals surface area contributed by atoms with Crippen LogP contribution in [-0.2, 0) is 4.79 Å². The molecular formula is C11H17N5O3. The van der Waals surface area contributed by atoms with Gasteiger partial charge in [0.2, 0.25) is 11.7 Å². The molecule has 1 unspecified atom stereocenters. The number of hydrogen-bond donors (Lipinski definition) is 3. The molecule has 0 fully saturated rings. The van der Waals surface area contributed by atoms with E-state index in [2.05, 4.69) is 15.6 Å². The second-order valence-corrected chi connectivity index (χ2v) is 4.02. The summed E-state index contributed by atoms with van der Waals surface area (Å²) in [6.45, 7) is 4.21.